The van der Waals surface area contributed by atoms with E-state index in [2.05, 4.69) is 5.32 Å². The largest absolute Gasteiger partial charge is 0.495 e. The summed E-state index contributed by atoms with van der Waals surface area (Å²) in [6.45, 7) is 0. The highest BCUT2D eigenvalue weighted by Gasteiger charge is 2.30. The highest BCUT2D eigenvalue weighted by molar-refractivity contribution is 7.14. The first-order chi connectivity index (χ1) is 9.61. The topological polar surface area (TPSA) is 77.4 Å². The molecule has 104 valence electrons. The van der Waals surface area contributed by atoms with Crippen LogP contribution in [0.15, 0.2) is 23.0 Å². The van der Waals surface area contributed by atoms with Crippen LogP contribution in [0.1, 0.15) is 18.9 Å². The lowest BCUT2D eigenvalue weighted by molar-refractivity contribution is -0.135. The van der Waals surface area contributed by atoms with E-state index in [4.69, 9.17) is 4.74 Å². The van der Waals surface area contributed by atoms with Crippen molar-refractivity contribution in [1.29, 1.82) is 0 Å². The molecule has 0 aliphatic carbocycles. The molecule has 2 heterocycles. The number of carbonyl (C=O) groups is 2. The van der Waals surface area contributed by atoms with E-state index in [9.17, 15) is 14.4 Å². The Labute approximate surface area is 118 Å². The molecule has 20 heavy (non-hydrogen) atoms. The van der Waals surface area contributed by atoms with E-state index >= 15 is 0 Å². The number of aromatic nitrogens is 1. The van der Waals surface area contributed by atoms with Gasteiger partial charge in [0.05, 0.1) is 17.2 Å². The number of nitrogens with one attached hydrogen (secondary N) is 1. The zero-order chi connectivity index (χ0) is 14.3. The van der Waals surface area contributed by atoms with Gasteiger partial charge in [-0.15, -0.1) is 0 Å². The van der Waals surface area contributed by atoms with Gasteiger partial charge in [-0.2, -0.15) is 0 Å². The van der Waals surface area contributed by atoms with E-state index in [1.807, 2.05) is 0 Å². The molecular weight excluding hydrogens is 280 g/mol. The summed E-state index contributed by atoms with van der Waals surface area (Å²) in [4.78, 5) is 35.4. The normalized spacial score (nSPS) is 19.1. The van der Waals surface area contributed by atoms with Crippen LogP contribution in [0.4, 0.5) is 0 Å². The molecule has 0 spiro atoms. The molecule has 1 aliphatic heterocycles. The van der Waals surface area contributed by atoms with E-state index in [1.165, 1.54) is 22.6 Å². The first-order valence-electron chi connectivity index (χ1n) is 6.14. The predicted molar refractivity (Wildman–Crippen MR) is 74.1 cm³/mol. The maximum absolute atomic E-state index is 12.4. The Morgan fingerprint density at radius 2 is 2.15 bits per heavy atom. The maximum atomic E-state index is 12.4. The Hall–Kier alpha value is -2.15. The van der Waals surface area contributed by atoms with Crippen molar-refractivity contribution in [3.8, 4) is 5.75 Å². The first-order valence-corrected chi connectivity index (χ1v) is 6.91. The lowest BCUT2D eigenvalue weighted by atomic mass is 10.1. The quantitative estimate of drug-likeness (QED) is 0.839. The second kappa shape index (κ2) is 4.75. The standard InChI is InChI=1S/C13H12N2O4S/c1-19-9-4-2-3-7-11(9)20-15(13(7)18)8-5-6-10(16)14-12(8)17/h2-4,8H,5-6H2,1H3,(H,14,16,17). The van der Waals surface area contributed by atoms with Crippen LogP contribution in [-0.4, -0.2) is 22.9 Å². The maximum Gasteiger partial charge on any atom is 0.269 e. The van der Waals surface area contributed by atoms with Crippen LogP contribution in [0.2, 0.25) is 0 Å². The van der Waals surface area contributed by atoms with Gasteiger partial charge in [-0.25, -0.2) is 0 Å². The summed E-state index contributed by atoms with van der Waals surface area (Å²) in [5, 5.41) is 2.79. The average Bonchev–Trinajstić information content (AvgIpc) is 2.76. The molecule has 1 saturated heterocycles. The second-order valence-electron chi connectivity index (χ2n) is 4.53. The molecule has 0 bridgehead atoms. The number of amides is 2. The number of fused-ring (bicyclic) bond motifs is 1. The summed E-state index contributed by atoms with van der Waals surface area (Å²) in [5.41, 5.74) is -0.224. The van der Waals surface area contributed by atoms with Crippen LogP contribution in [0.5, 0.6) is 5.75 Å². The molecule has 1 unspecified atom stereocenters. The number of ether oxygens (including phenoxy) is 1. The number of carbonyl (C=O) groups excluding carboxylic acids is 2. The Balaban J connectivity index is 2.13. The number of benzene rings is 1. The van der Waals surface area contributed by atoms with Crippen LogP contribution in [0, 0.1) is 0 Å². The van der Waals surface area contributed by atoms with Crippen molar-refractivity contribution in [2.45, 2.75) is 18.9 Å². The lowest BCUT2D eigenvalue weighted by Crippen LogP contribution is -2.43. The molecule has 7 heteroatoms. The number of hydrogen-bond acceptors (Lipinski definition) is 5. The van der Waals surface area contributed by atoms with Gasteiger partial charge in [0.15, 0.2) is 0 Å². The first kappa shape index (κ1) is 12.9. The highest BCUT2D eigenvalue weighted by atomic mass is 32.1. The molecule has 2 amide bonds. The van der Waals surface area contributed by atoms with E-state index in [0.717, 1.165) is 0 Å². The third-order valence-corrected chi connectivity index (χ3v) is 4.53. The third-order valence-electron chi connectivity index (χ3n) is 3.31. The van der Waals surface area contributed by atoms with Gasteiger partial charge in [-0.05, 0) is 18.6 Å². The fourth-order valence-electron chi connectivity index (χ4n) is 2.31. The van der Waals surface area contributed by atoms with Crippen LogP contribution < -0.4 is 15.6 Å². The smallest absolute Gasteiger partial charge is 0.269 e. The number of piperidine rings is 1. The average molecular weight is 292 g/mol. The Morgan fingerprint density at radius 1 is 1.35 bits per heavy atom. The van der Waals surface area contributed by atoms with Crippen molar-refractivity contribution in [2.75, 3.05) is 7.11 Å². The molecule has 3 rings (SSSR count). The van der Waals surface area contributed by atoms with Crippen molar-refractivity contribution in [3.05, 3.63) is 28.6 Å². The summed E-state index contributed by atoms with van der Waals surface area (Å²) >= 11 is 1.19. The minimum absolute atomic E-state index is 0.224. The minimum Gasteiger partial charge on any atom is -0.495 e. The molecule has 1 fully saturated rings. The zero-order valence-electron chi connectivity index (χ0n) is 10.7. The summed E-state index contributed by atoms with van der Waals surface area (Å²) in [5.74, 6) is -0.109. The highest BCUT2D eigenvalue weighted by Crippen LogP contribution is 2.30. The molecule has 1 N–H and O–H groups in total. The van der Waals surface area contributed by atoms with Crippen molar-refractivity contribution in [3.63, 3.8) is 0 Å². The monoisotopic (exact) mass is 292 g/mol. The summed E-state index contributed by atoms with van der Waals surface area (Å²) in [6.07, 6.45) is 0.591. The SMILES string of the molecule is COc1cccc2c(=O)n(C3CCC(=O)NC3=O)sc12. The fraction of sp³-hybridized carbons (Fsp3) is 0.308. The number of hydrogen-bond donors (Lipinski definition) is 1. The van der Waals surface area contributed by atoms with Crippen LogP contribution in [0.3, 0.4) is 0 Å². The van der Waals surface area contributed by atoms with Gasteiger partial charge in [0.25, 0.3) is 11.5 Å². The molecule has 1 atom stereocenters. The molecule has 1 aromatic carbocycles. The second-order valence-corrected chi connectivity index (χ2v) is 5.51. The van der Waals surface area contributed by atoms with Crippen molar-refractivity contribution >= 4 is 33.4 Å². The van der Waals surface area contributed by atoms with Gasteiger partial charge in [0, 0.05) is 6.42 Å². The molecule has 1 aliphatic rings. The van der Waals surface area contributed by atoms with Gasteiger partial charge in [0.1, 0.15) is 11.8 Å². The predicted octanol–water partition coefficient (Wildman–Crippen LogP) is 1.05. The minimum atomic E-state index is -0.623. The lowest BCUT2D eigenvalue weighted by Gasteiger charge is -2.20. The zero-order valence-corrected chi connectivity index (χ0v) is 11.5. The van der Waals surface area contributed by atoms with E-state index in [-0.39, 0.29) is 17.9 Å². The van der Waals surface area contributed by atoms with Gasteiger partial charge in [-0.1, -0.05) is 17.6 Å². The van der Waals surface area contributed by atoms with Gasteiger partial charge < -0.3 is 4.74 Å². The number of nitrogens with zero attached hydrogens (tertiary/aromatic N) is 1. The fourth-order valence-corrected chi connectivity index (χ4v) is 3.51. The van der Waals surface area contributed by atoms with E-state index < -0.39 is 11.9 Å². The van der Waals surface area contributed by atoms with Crippen LogP contribution in [0.25, 0.3) is 10.1 Å². The van der Waals surface area contributed by atoms with Gasteiger partial charge in [-0.3, -0.25) is 23.7 Å². The summed E-state index contributed by atoms with van der Waals surface area (Å²) < 4.78 is 7.37. The van der Waals surface area contributed by atoms with Gasteiger partial charge in [0.2, 0.25) is 5.91 Å². The third kappa shape index (κ3) is 1.90. The Bertz CT molecular complexity index is 761. The summed E-state index contributed by atoms with van der Waals surface area (Å²) in [7, 11) is 1.54. The molecule has 6 nitrogen and oxygen atoms in total. The molecule has 2 aromatic rings. The molecular formula is C13H12N2O4S. The van der Waals surface area contributed by atoms with Crippen molar-refractivity contribution in [2.24, 2.45) is 0 Å². The molecule has 1 aromatic heterocycles. The number of methoxy groups -OCH3 is 1. The van der Waals surface area contributed by atoms with Crippen molar-refractivity contribution in [1.82, 2.24) is 9.27 Å². The van der Waals surface area contributed by atoms with Crippen LogP contribution >= 0.6 is 11.5 Å². The Morgan fingerprint density at radius 3 is 2.85 bits per heavy atom. The number of rotatable bonds is 2. The van der Waals surface area contributed by atoms with E-state index in [0.29, 0.717) is 22.3 Å². The molecule has 0 saturated carbocycles. The van der Waals surface area contributed by atoms with Crippen molar-refractivity contribution < 1.29 is 14.3 Å². The number of imide groups is 1. The van der Waals surface area contributed by atoms with Crippen LogP contribution in [-0.2, 0) is 9.59 Å². The Kier molecular flexibility index (Phi) is 3.06. The summed E-state index contributed by atoms with van der Waals surface area (Å²) in [6, 6.07) is 4.60. The van der Waals surface area contributed by atoms with E-state index in [1.54, 1.807) is 18.2 Å². The molecule has 0 radical (unpaired) electrons. The van der Waals surface area contributed by atoms with Gasteiger partial charge >= 0.3 is 0 Å².